The molecule has 8 heavy (non-hydrogen) atoms. The van der Waals surface area contributed by atoms with Crippen LogP contribution in [-0.4, -0.2) is 16.8 Å². The largest absolute Gasteiger partial charge is 1.00 e. The molecule has 0 aromatic carbocycles. The van der Waals surface area contributed by atoms with E-state index in [1.165, 1.54) is 0 Å². The van der Waals surface area contributed by atoms with E-state index >= 15 is 0 Å². The molecular formula is C2H6HgNO4. The average molecular weight is 309 g/mol. The van der Waals surface area contributed by atoms with Gasteiger partial charge in [-0.05, 0) is 6.92 Å². The van der Waals surface area contributed by atoms with E-state index < -0.39 is 5.09 Å². The van der Waals surface area contributed by atoms with E-state index in [-0.39, 0.29) is 34.3 Å². The number of aliphatic hydroxyl groups is 1. The van der Waals surface area contributed by atoms with E-state index in [4.69, 9.17) is 20.4 Å². The maximum absolute atomic E-state index is 8.25. The van der Waals surface area contributed by atoms with Crippen molar-refractivity contribution in [1.82, 2.24) is 0 Å². The van der Waals surface area contributed by atoms with Crippen molar-refractivity contribution in [1.29, 1.82) is 0 Å². The molecule has 0 spiro atoms. The topological polar surface area (TPSA) is 86.4 Å². The Morgan fingerprint density at radius 1 is 1.62 bits per heavy atom. The number of rotatable bonds is 0. The second kappa shape index (κ2) is 15.7. The summed E-state index contributed by atoms with van der Waals surface area (Å²) in [5.74, 6) is 0. The Hall–Kier alpha value is 0.0951. The molecule has 0 bridgehead atoms. The van der Waals surface area contributed by atoms with E-state index in [1.54, 1.807) is 6.92 Å². The second-order valence-corrected chi connectivity index (χ2v) is 0.540. The molecule has 0 aromatic heterocycles. The zero-order chi connectivity index (χ0) is 6.28. The number of hydrogen-bond acceptors (Lipinski definition) is 4. The molecule has 1 N–H and O–H groups in total. The molecule has 0 rings (SSSR count). The minimum atomic E-state index is -1.75. The van der Waals surface area contributed by atoms with E-state index in [1.807, 2.05) is 0 Å². The predicted molar refractivity (Wildman–Crippen MR) is 23.1 cm³/mol. The van der Waals surface area contributed by atoms with E-state index in [2.05, 4.69) is 0 Å². The van der Waals surface area contributed by atoms with Crippen LogP contribution in [-0.2, 0) is 27.7 Å². The van der Waals surface area contributed by atoms with Crippen molar-refractivity contribution in [2.24, 2.45) is 0 Å². The Bertz CT molecular complexity index is 45.3. The molecule has 6 heteroatoms. The Morgan fingerprint density at radius 3 is 1.62 bits per heavy atom. The Morgan fingerprint density at radius 2 is 1.62 bits per heavy atom. The van der Waals surface area contributed by atoms with Crippen molar-refractivity contribution in [2.75, 3.05) is 6.61 Å². The van der Waals surface area contributed by atoms with Crippen LogP contribution >= 0.6 is 0 Å². The van der Waals surface area contributed by atoms with Gasteiger partial charge in [0.1, 0.15) is 0 Å². The average Bonchev–Trinajstić information content (AvgIpc) is 1.33. The summed E-state index contributed by atoms with van der Waals surface area (Å²) in [5.41, 5.74) is 0. The van der Waals surface area contributed by atoms with E-state index in [9.17, 15) is 0 Å². The summed E-state index contributed by atoms with van der Waals surface area (Å²) < 4.78 is 0. The molecule has 0 saturated heterocycles. The molecule has 45 valence electrons. The van der Waals surface area contributed by atoms with Crippen LogP contribution < -0.4 is 0 Å². The monoisotopic (exact) mass is 310 g/mol. The third kappa shape index (κ3) is 17500. The van der Waals surface area contributed by atoms with E-state index in [0.29, 0.717) is 0 Å². The third-order valence-corrected chi connectivity index (χ3v) is 0. The smallest absolute Gasteiger partial charge is 0.397 e. The van der Waals surface area contributed by atoms with Gasteiger partial charge in [0.15, 0.2) is 0 Å². The van der Waals surface area contributed by atoms with Crippen molar-refractivity contribution in [3.63, 3.8) is 0 Å². The van der Waals surface area contributed by atoms with Gasteiger partial charge in [-0.15, -0.1) is 0 Å². The van der Waals surface area contributed by atoms with Gasteiger partial charge in [0.25, 0.3) is 0 Å². The molecule has 0 fully saturated rings. The van der Waals surface area contributed by atoms with Crippen LogP contribution in [0.4, 0.5) is 0 Å². The number of nitrogens with zero attached hydrogens (tertiary/aromatic N) is 1. The molecule has 0 unspecified atom stereocenters. The predicted octanol–water partition coefficient (Wildman–Crippen LogP) is -0.243. The Kier molecular flexibility index (Phi) is 30.8. The van der Waals surface area contributed by atoms with Crippen molar-refractivity contribution < 1.29 is 37.9 Å². The molecule has 5 nitrogen and oxygen atoms in total. The molecule has 0 aliphatic heterocycles. The van der Waals surface area contributed by atoms with Crippen molar-refractivity contribution in [2.45, 2.75) is 6.92 Å². The Labute approximate surface area is 66.9 Å². The summed E-state index contributed by atoms with van der Waals surface area (Å²) in [7, 11) is 0. The summed E-state index contributed by atoms with van der Waals surface area (Å²) in [6.45, 7) is 1.93. The summed E-state index contributed by atoms with van der Waals surface area (Å²) in [4.78, 5) is 8.25. The minimum absolute atomic E-state index is 0. The van der Waals surface area contributed by atoms with Gasteiger partial charge in [-0.25, -0.2) is 0 Å². The summed E-state index contributed by atoms with van der Waals surface area (Å²) in [5, 5.41) is 22.3. The van der Waals surface area contributed by atoms with Gasteiger partial charge in [0.2, 0.25) is 0 Å². The van der Waals surface area contributed by atoms with Crippen LogP contribution in [0.2, 0.25) is 0 Å². The second-order valence-electron chi connectivity index (χ2n) is 0.540. The fraction of sp³-hybridized carbons (Fsp3) is 1.00. The van der Waals surface area contributed by atoms with Gasteiger partial charge < -0.3 is 20.4 Å². The van der Waals surface area contributed by atoms with Crippen LogP contribution in [0.3, 0.4) is 0 Å². The first-order chi connectivity index (χ1) is 3.15. The summed E-state index contributed by atoms with van der Waals surface area (Å²) in [6, 6.07) is 0. The Balaban J connectivity index is -0.0000000575. The van der Waals surface area contributed by atoms with Gasteiger partial charge in [-0.2, -0.15) is 0 Å². The molecule has 0 heterocycles. The van der Waals surface area contributed by atoms with Crippen LogP contribution in [0, 0.1) is 15.3 Å². The zero-order valence-corrected chi connectivity index (χ0v) is 10.0. The van der Waals surface area contributed by atoms with Gasteiger partial charge in [-0.3, -0.25) is 0 Å². The molecule has 0 atom stereocenters. The van der Waals surface area contributed by atoms with Crippen LogP contribution in [0.5, 0.6) is 0 Å². The molecule has 0 saturated carbocycles. The van der Waals surface area contributed by atoms with Crippen molar-refractivity contribution in [3.05, 3.63) is 15.3 Å². The maximum atomic E-state index is 8.25. The first-order valence-electron chi connectivity index (χ1n) is 1.57. The van der Waals surface area contributed by atoms with Crippen LogP contribution in [0.15, 0.2) is 0 Å². The van der Waals surface area contributed by atoms with Crippen molar-refractivity contribution >= 4 is 0 Å². The summed E-state index contributed by atoms with van der Waals surface area (Å²) in [6.07, 6.45) is 0. The standard InChI is InChI=1S/C2H6O.Hg.NO3/c1-2-3;;2-1(3)4/h3H,2H2,1H3;;/q;+1;-1. The molecule has 0 aliphatic rings. The van der Waals surface area contributed by atoms with Gasteiger partial charge >= 0.3 is 27.7 Å². The molecule has 0 aromatic rings. The molecule has 0 aliphatic carbocycles. The normalized spacial score (nSPS) is 5.25. The SMILES string of the molecule is CCO.O=[N+]([O-])[O-].[Hg+]. The van der Waals surface area contributed by atoms with Gasteiger partial charge in [-0.1, -0.05) is 0 Å². The number of aliphatic hydroxyl groups excluding tert-OH is 1. The zero-order valence-electron chi connectivity index (χ0n) is 4.53. The van der Waals surface area contributed by atoms with Crippen molar-refractivity contribution in [3.8, 4) is 0 Å². The molecular weight excluding hydrogens is 303 g/mol. The fourth-order valence-electron chi connectivity index (χ4n) is 0. The van der Waals surface area contributed by atoms with Crippen LogP contribution in [0.1, 0.15) is 6.92 Å². The van der Waals surface area contributed by atoms with Crippen LogP contribution in [0.25, 0.3) is 0 Å². The maximum Gasteiger partial charge on any atom is 1.00 e. The van der Waals surface area contributed by atoms with Gasteiger partial charge in [0.05, 0.1) is 5.09 Å². The molecule has 1 radical (unpaired) electrons. The number of hydrogen-bond donors (Lipinski definition) is 1. The quantitative estimate of drug-likeness (QED) is 0.380. The summed E-state index contributed by atoms with van der Waals surface area (Å²) >= 11 is 0. The fourth-order valence-corrected chi connectivity index (χ4v) is 0. The third-order valence-electron chi connectivity index (χ3n) is 0. The van der Waals surface area contributed by atoms with Gasteiger partial charge in [0, 0.05) is 6.61 Å². The van der Waals surface area contributed by atoms with E-state index in [0.717, 1.165) is 0 Å². The minimum Gasteiger partial charge on any atom is -0.397 e. The first-order valence-corrected chi connectivity index (χ1v) is 1.57. The molecule has 0 amide bonds. The first kappa shape index (κ1) is 15.7.